The molecule has 0 saturated heterocycles. The number of benzene rings is 1. The lowest BCUT2D eigenvalue weighted by atomic mass is 10.1. The summed E-state index contributed by atoms with van der Waals surface area (Å²) in [5.41, 5.74) is 1.82. The van der Waals surface area contributed by atoms with Crippen LogP contribution >= 0.6 is 15.9 Å². The molecular weight excluding hydrogens is 316 g/mol. The van der Waals surface area contributed by atoms with Crippen LogP contribution in [0, 0.1) is 6.92 Å². The number of halogens is 1. The fraction of sp³-hybridized carbons (Fsp3) is 0.250. The van der Waals surface area contributed by atoms with Gasteiger partial charge in [0.15, 0.2) is 0 Å². The Labute approximate surface area is 117 Å². The van der Waals surface area contributed by atoms with E-state index >= 15 is 0 Å². The van der Waals surface area contributed by atoms with Gasteiger partial charge in [-0.15, -0.1) is 10.2 Å². The monoisotopic (exact) mass is 326 g/mol. The van der Waals surface area contributed by atoms with Crippen molar-refractivity contribution in [1.29, 1.82) is 0 Å². The van der Waals surface area contributed by atoms with Gasteiger partial charge in [0.05, 0.1) is 0 Å². The zero-order chi connectivity index (χ0) is 13.8. The maximum atomic E-state index is 10.3. The molecule has 0 radical (unpaired) electrons. The van der Waals surface area contributed by atoms with Gasteiger partial charge >= 0.3 is 5.97 Å². The molecule has 1 aromatic carbocycles. The van der Waals surface area contributed by atoms with Crippen molar-refractivity contribution < 1.29 is 19.1 Å². The number of rotatable bonds is 5. The lowest BCUT2D eigenvalue weighted by Gasteiger charge is -2.02. The van der Waals surface area contributed by atoms with E-state index in [1.54, 1.807) is 0 Å². The molecule has 0 aliphatic rings. The van der Waals surface area contributed by atoms with E-state index < -0.39 is 12.6 Å². The Hall–Kier alpha value is -1.73. The van der Waals surface area contributed by atoms with Crippen LogP contribution in [-0.4, -0.2) is 27.9 Å². The molecule has 0 fully saturated rings. The second kappa shape index (κ2) is 5.94. The number of hydrogen-bond donors (Lipinski definition) is 1. The summed E-state index contributed by atoms with van der Waals surface area (Å²) in [4.78, 5) is 10.3. The molecular formula is C12H11BrN2O4. The highest BCUT2D eigenvalue weighted by molar-refractivity contribution is 9.10. The van der Waals surface area contributed by atoms with Crippen LogP contribution in [0.25, 0.3) is 11.5 Å². The summed E-state index contributed by atoms with van der Waals surface area (Å²) in [7, 11) is 0. The Morgan fingerprint density at radius 3 is 3.00 bits per heavy atom. The van der Waals surface area contributed by atoms with Crippen molar-refractivity contribution >= 4 is 21.9 Å². The highest BCUT2D eigenvalue weighted by Crippen LogP contribution is 2.27. The zero-order valence-corrected chi connectivity index (χ0v) is 11.7. The van der Waals surface area contributed by atoms with Gasteiger partial charge in [-0.3, -0.25) is 0 Å². The highest BCUT2D eigenvalue weighted by atomic mass is 79.9. The molecule has 1 N–H and O–H groups in total. The van der Waals surface area contributed by atoms with Crippen molar-refractivity contribution in [2.75, 3.05) is 6.61 Å². The lowest BCUT2D eigenvalue weighted by molar-refractivity contribution is -0.142. The Morgan fingerprint density at radius 2 is 2.26 bits per heavy atom. The van der Waals surface area contributed by atoms with Crippen LogP contribution in [0.2, 0.25) is 0 Å². The van der Waals surface area contributed by atoms with E-state index in [9.17, 15) is 4.79 Å². The van der Waals surface area contributed by atoms with Gasteiger partial charge in [-0.25, -0.2) is 4.79 Å². The van der Waals surface area contributed by atoms with Crippen LogP contribution in [0.3, 0.4) is 0 Å². The summed E-state index contributed by atoms with van der Waals surface area (Å²) in [6.45, 7) is 1.52. The van der Waals surface area contributed by atoms with Crippen LogP contribution in [0.4, 0.5) is 0 Å². The minimum atomic E-state index is -1.04. The number of aromatic nitrogens is 2. The van der Waals surface area contributed by atoms with Gasteiger partial charge in [0.1, 0.15) is 13.2 Å². The molecule has 0 unspecified atom stereocenters. The number of carboxylic acid groups (broad SMARTS) is 1. The Morgan fingerprint density at radius 1 is 1.47 bits per heavy atom. The fourth-order valence-corrected chi connectivity index (χ4v) is 1.85. The van der Waals surface area contributed by atoms with Gasteiger partial charge in [0.2, 0.25) is 11.8 Å². The third kappa shape index (κ3) is 3.39. The molecule has 0 atom stereocenters. The third-order valence-corrected chi connectivity index (χ3v) is 3.28. The maximum Gasteiger partial charge on any atom is 0.329 e. The predicted octanol–water partition coefficient (Wildman–Crippen LogP) is 2.41. The summed E-state index contributed by atoms with van der Waals surface area (Å²) in [6, 6.07) is 5.67. The van der Waals surface area contributed by atoms with Crippen LogP contribution < -0.4 is 0 Å². The largest absolute Gasteiger partial charge is 0.480 e. The highest BCUT2D eigenvalue weighted by Gasteiger charge is 2.12. The summed E-state index contributed by atoms with van der Waals surface area (Å²) >= 11 is 3.43. The van der Waals surface area contributed by atoms with Crippen LogP contribution in [0.5, 0.6) is 0 Å². The van der Waals surface area contributed by atoms with E-state index in [0.717, 1.165) is 15.6 Å². The average molecular weight is 327 g/mol. The number of aliphatic carboxylic acids is 1. The number of carboxylic acids is 1. The SMILES string of the molecule is Cc1c(Br)cccc1-c1nnc(COCC(=O)O)o1. The second-order valence-electron chi connectivity index (χ2n) is 3.80. The van der Waals surface area contributed by atoms with Crippen molar-refractivity contribution in [1.82, 2.24) is 10.2 Å². The van der Waals surface area contributed by atoms with E-state index in [4.69, 9.17) is 14.3 Å². The topological polar surface area (TPSA) is 85.5 Å². The molecule has 0 aliphatic carbocycles. The molecule has 7 heteroatoms. The summed E-state index contributed by atoms with van der Waals surface area (Å²) < 4.78 is 11.3. The molecule has 2 rings (SSSR count). The minimum absolute atomic E-state index is 0.0215. The molecule has 2 aromatic rings. The molecule has 6 nitrogen and oxygen atoms in total. The molecule has 0 bridgehead atoms. The van der Waals surface area contributed by atoms with E-state index in [1.807, 2.05) is 25.1 Å². The molecule has 0 spiro atoms. The number of ether oxygens (including phenoxy) is 1. The third-order valence-electron chi connectivity index (χ3n) is 2.42. The van der Waals surface area contributed by atoms with Gasteiger partial charge in [0.25, 0.3) is 0 Å². The first kappa shape index (κ1) is 13.7. The molecule has 0 saturated carbocycles. The van der Waals surface area contributed by atoms with Crippen molar-refractivity contribution in [2.45, 2.75) is 13.5 Å². The van der Waals surface area contributed by atoms with Gasteiger partial charge in [0, 0.05) is 10.0 Å². The molecule has 1 aromatic heterocycles. The minimum Gasteiger partial charge on any atom is -0.480 e. The van der Waals surface area contributed by atoms with Crippen LogP contribution in [-0.2, 0) is 16.1 Å². The number of hydrogen-bond acceptors (Lipinski definition) is 5. The normalized spacial score (nSPS) is 10.6. The summed E-state index contributed by atoms with van der Waals surface area (Å²) in [5, 5.41) is 16.2. The Bertz CT molecular complexity index is 597. The quantitative estimate of drug-likeness (QED) is 0.908. The van der Waals surface area contributed by atoms with E-state index in [-0.39, 0.29) is 12.5 Å². The second-order valence-corrected chi connectivity index (χ2v) is 4.65. The maximum absolute atomic E-state index is 10.3. The van der Waals surface area contributed by atoms with Crippen LogP contribution in [0.15, 0.2) is 27.1 Å². The summed E-state index contributed by atoms with van der Waals surface area (Å²) in [5.74, 6) is -0.411. The first-order valence-corrected chi connectivity index (χ1v) is 6.24. The standard InChI is InChI=1S/C12H11BrN2O4/c1-7-8(3-2-4-9(7)13)12-15-14-10(19-12)5-18-6-11(16)17/h2-4H,5-6H2,1H3,(H,16,17). The molecule has 100 valence electrons. The Balaban J connectivity index is 2.12. The van der Waals surface area contributed by atoms with Crippen molar-refractivity contribution in [3.63, 3.8) is 0 Å². The molecule has 0 aliphatic heterocycles. The van der Waals surface area contributed by atoms with Gasteiger partial charge in [-0.05, 0) is 24.6 Å². The number of carbonyl (C=O) groups is 1. The van der Waals surface area contributed by atoms with Crippen molar-refractivity contribution in [3.05, 3.63) is 34.1 Å². The van der Waals surface area contributed by atoms with Gasteiger partial charge in [-0.2, -0.15) is 0 Å². The predicted molar refractivity (Wildman–Crippen MR) is 69.5 cm³/mol. The van der Waals surface area contributed by atoms with Crippen molar-refractivity contribution in [2.24, 2.45) is 0 Å². The smallest absolute Gasteiger partial charge is 0.329 e. The van der Waals surface area contributed by atoms with Gasteiger partial charge in [-0.1, -0.05) is 22.0 Å². The lowest BCUT2D eigenvalue weighted by Crippen LogP contribution is -2.06. The van der Waals surface area contributed by atoms with Crippen LogP contribution in [0.1, 0.15) is 11.5 Å². The van der Waals surface area contributed by atoms with Crippen molar-refractivity contribution in [3.8, 4) is 11.5 Å². The molecule has 1 heterocycles. The number of nitrogens with zero attached hydrogens (tertiary/aromatic N) is 2. The summed E-state index contributed by atoms with van der Waals surface area (Å²) in [6.07, 6.45) is 0. The first-order valence-electron chi connectivity index (χ1n) is 5.45. The van der Waals surface area contributed by atoms with Gasteiger partial charge < -0.3 is 14.3 Å². The van der Waals surface area contributed by atoms with E-state index in [0.29, 0.717) is 5.89 Å². The molecule has 19 heavy (non-hydrogen) atoms. The zero-order valence-electron chi connectivity index (χ0n) is 10.1. The fourth-order valence-electron chi connectivity index (χ4n) is 1.49. The molecule has 0 amide bonds. The van der Waals surface area contributed by atoms with E-state index in [1.165, 1.54) is 0 Å². The average Bonchev–Trinajstić information content (AvgIpc) is 2.81. The van der Waals surface area contributed by atoms with E-state index in [2.05, 4.69) is 26.1 Å². The Kier molecular flexibility index (Phi) is 4.28. The first-order chi connectivity index (χ1) is 9.08.